The second-order valence-electron chi connectivity index (χ2n) is 4.17. The molecule has 110 valence electrons. The van der Waals surface area contributed by atoms with Crippen LogP contribution in [0.1, 0.15) is 5.56 Å². The molecule has 21 heavy (non-hydrogen) atoms. The number of hydrogen-bond acceptors (Lipinski definition) is 6. The van der Waals surface area contributed by atoms with Crippen molar-refractivity contribution in [3.05, 3.63) is 52.2 Å². The fourth-order valence-electron chi connectivity index (χ4n) is 1.87. The summed E-state index contributed by atoms with van der Waals surface area (Å²) in [6.45, 7) is 0.410. The largest absolute Gasteiger partial charge is 0.493 e. The number of aromatic nitrogens is 1. The Hall–Kier alpha value is -2.83. The molecule has 2 rings (SSSR count). The second kappa shape index (κ2) is 6.56. The molecule has 1 aromatic carbocycles. The first-order chi connectivity index (χ1) is 10.2. The van der Waals surface area contributed by atoms with Crippen LogP contribution in [0.2, 0.25) is 0 Å². The number of benzene rings is 1. The molecule has 0 fully saturated rings. The average Bonchev–Trinajstić information content (AvgIpc) is 2.52. The summed E-state index contributed by atoms with van der Waals surface area (Å²) in [5, 5.41) is 13.9. The number of nitrogens with zero attached hydrogens (tertiary/aromatic N) is 2. The molecule has 0 atom stereocenters. The van der Waals surface area contributed by atoms with Gasteiger partial charge in [0.15, 0.2) is 11.5 Å². The van der Waals surface area contributed by atoms with Gasteiger partial charge in [-0.3, -0.25) is 0 Å². The minimum absolute atomic E-state index is 0.196. The molecule has 0 amide bonds. The third-order valence-electron chi connectivity index (χ3n) is 2.89. The molecule has 0 aliphatic rings. The minimum Gasteiger partial charge on any atom is -0.493 e. The molecule has 2 aromatic rings. The molecule has 1 heterocycles. The zero-order chi connectivity index (χ0) is 15.2. The first-order valence-electron chi connectivity index (χ1n) is 6.20. The number of rotatable bonds is 6. The summed E-state index contributed by atoms with van der Waals surface area (Å²) in [5.74, 6) is 1.05. The van der Waals surface area contributed by atoms with Gasteiger partial charge in [-0.2, -0.15) is 0 Å². The number of ether oxygens (including phenoxy) is 2. The zero-order valence-electron chi connectivity index (χ0n) is 11.7. The van der Waals surface area contributed by atoms with E-state index in [2.05, 4.69) is 10.3 Å². The van der Waals surface area contributed by atoms with Crippen LogP contribution in [0, 0.1) is 10.1 Å². The summed E-state index contributed by atoms with van der Waals surface area (Å²) < 4.78 is 10.4. The Labute approximate surface area is 121 Å². The maximum Gasteiger partial charge on any atom is 0.386 e. The Balaban J connectivity index is 2.15. The number of anilines is 1. The van der Waals surface area contributed by atoms with E-state index >= 15 is 0 Å². The van der Waals surface area contributed by atoms with Crippen LogP contribution in [0.25, 0.3) is 0 Å². The molecule has 7 nitrogen and oxygen atoms in total. The predicted octanol–water partition coefficient (Wildman–Crippen LogP) is 2.62. The Morgan fingerprint density at radius 2 is 2.00 bits per heavy atom. The van der Waals surface area contributed by atoms with Crippen LogP contribution in [0.5, 0.6) is 11.5 Å². The summed E-state index contributed by atoms with van der Waals surface area (Å²) in [5.41, 5.74) is 1.28. The van der Waals surface area contributed by atoms with Gasteiger partial charge in [0, 0.05) is 6.54 Å². The molecule has 0 bridgehead atoms. The molecular formula is C14H15N3O4. The van der Waals surface area contributed by atoms with E-state index in [-0.39, 0.29) is 5.82 Å². The lowest BCUT2D eigenvalue weighted by Crippen LogP contribution is -2.04. The lowest BCUT2D eigenvalue weighted by atomic mass is 10.2. The van der Waals surface area contributed by atoms with E-state index in [0.717, 1.165) is 5.56 Å². The Bertz CT molecular complexity index is 646. The minimum atomic E-state index is -0.517. The molecule has 0 saturated heterocycles. The maximum absolute atomic E-state index is 10.9. The summed E-state index contributed by atoms with van der Waals surface area (Å²) >= 11 is 0. The number of methoxy groups -OCH3 is 2. The summed E-state index contributed by atoms with van der Waals surface area (Å²) in [4.78, 5) is 14.1. The lowest BCUT2D eigenvalue weighted by molar-refractivity contribution is -0.388. The normalized spacial score (nSPS) is 10.0. The van der Waals surface area contributed by atoms with Gasteiger partial charge in [-0.1, -0.05) is 6.07 Å². The van der Waals surface area contributed by atoms with Gasteiger partial charge in [-0.05, 0) is 39.7 Å². The van der Waals surface area contributed by atoms with Gasteiger partial charge in [0.25, 0.3) is 0 Å². The highest BCUT2D eigenvalue weighted by Crippen LogP contribution is 2.28. The molecule has 0 saturated carbocycles. The van der Waals surface area contributed by atoms with Crippen LogP contribution in [0.15, 0.2) is 36.5 Å². The molecule has 0 spiro atoms. The molecule has 1 N–H and O–H groups in total. The standard InChI is InChI=1S/C14H15N3O4/c1-20-12-6-5-10(8-13(12)21-2)9-16-11-4-3-7-15-14(11)17(18)19/h3-8,16H,9H2,1-2H3. The molecule has 1 aromatic heterocycles. The highest BCUT2D eigenvalue weighted by atomic mass is 16.6. The maximum atomic E-state index is 10.9. The Morgan fingerprint density at radius 3 is 2.67 bits per heavy atom. The van der Waals surface area contributed by atoms with E-state index in [4.69, 9.17) is 9.47 Å². The smallest absolute Gasteiger partial charge is 0.386 e. The van der Waals surface area contributed by atoms with Crippen molar-refractivity contribution in [1.82, 2.24) is 4.98 Å². The van der Waals surface area contributed by atoms with Gasteiger partial charge in [0.1, 0.15) is 11.9 Å². The van der Waals surface area contributed by atoms with Gasteiger partial charge in [-0.15, -0.1) is 0 Å². The van der Waals surface area contributed by atoms with Gasteiger partial charge in [0.2, 0.25) is 0 Å². The van der Waals surface area contributed by atoms with Crippen molar-refractivity contribution in [2.75, 3.05) is 19.5 Å². The fraction of sp³-hybridized carbons (Fsp3) is 0.214. The highest BCUT2D eigenvalue weighted by Gasteiger charge is 2.13. The van der Waals surface area contributed by atoms with Crippen LogP contribution in [-0.2, 0) is 6.54 Å². The Kier molecular flexibility index (Phi) is 4.55. The van der Waals surface area contributed by atoms with Crippen LogP contribution in [0.4, 0.5) is 11.5 Å². The monoisotopic (exact) mass is 289 g/mol. The van der Waals surface area contributed by atoms with E-state index in [1.165, 1.54) is 6.20 Å². The number of hydrogen-bond donors (Lipinski definition) is 1. The fourth-order valence-corrected chi connectivity index (χ4v) is 1.87. The third-order valence-corrected chi connectivity index (χ3v) is 2.89. The van der Waals surface area contributed by atoms with Crippen molar-refractivity contribution >= 4 is 11.5 Å². The van der Waals surface area contributed by atoms with E-state index in [1.54, 1.807) is 32.4 Å². The molecule has 7 heteroatoms. The third kappa shape index (κ3) is 3.38. The lowest BCUT2D eigenvalue weighted by Gasteiger charge is -2.10. The second-order valence-corrected chi connectivity index (χ2v) is 4.17. The van der Waals surface area contributed by atoms with E-state index in [1.807, 2.05) is 12.1 Å². The average molecular weight is 289 g/mol. The number of nitrogens with one attached hydrogen (secondary N) is 1. The first-order valence-corrected chi connectivity index (χ1v) is 6.20. The highest BCUT2D eigenvalue weighted by molar-refractivity contribution is 5.57. The summed E-state index contributed by atoms with van der Waals surface area (Å²) in [6, 6.07) is 8.72. The van der Waals surface area contributed by atoms with Crippen molar-refractivity contribution in [2.45, 2.75) is 6.54 Å². The zero-order valence-corrected chi connectivity index (χ0v) is 11.7. The van der Waals surface area contributed by atoms with Crippen molar-refractivity contribution in [3.63, 3.8) is 0 Å². The molecular weight excluding hydrogens is 274 g/mol. The molecule has 0 unspecified atom stereocenters. The SMILES string of the molecule is COc1ccc(CNc2cccnc2[N+](=O)[O-])cc1OC. The van der Waals surface area contributed by atoms with Crippen molar-refractivity contribution in [3.8, 4) is 11.5 Å². The van der Waals surface area contributed by atoms with Crippen LogP contribution in [0.3, 0.4) is 0 Å². The first kappa shape index (κ1) is 14.6. The molecule has 0 aliphatic heterocycles. The molecule has 0 aliphatic carbocycles. The van der Waals surface area contributed by atoms with E-state index in [9.17, 15) is 10.1 Å². The van der Waals surface area contributed by atoms with E-state index in [0.29, 0.717) is 23.7 Å². The molecule has 0 radical (unpaired) electrons. The van der Waals surface area contributed by atoms with Crippen LogP contribution < -0.4 is 14.8 Å². The van der Waals surface area contributed by atoms with Crippen molar-refractivity contribution in [1.29, 1.82) is 0 Å². The van der Waals surface area contributed by atoms with Gasteiger partial charge in [-0.25, -0.2) is 0 Å². The number of pyridine rings is 1. The Morgan fingerprint density at radius 1 is 1.24 bits per heavy atom. The van der Waals surface area contributed by atoms with Crippen LogP contribution >= 0.6 is 0 Å². The van der Waals surface area contributed by atoms with Gasteiger partial charge in [0.05, 0.1) is 14.2 Å². The predicted molar refractivity (Wildman–Crippen MR) is 77.8 cm³/mol. The van der Waals surface area contributed by atoms with E-state index < -0.39 is 4.92 Å². The van der Waals surface area contributed by atoms with Gasteiger partial charge >= 0.3 is 5.82 Å². The van der Waals surface area contributed by atoms with Crippen LogP contribution in [-0.4, -0.2) is 24.1 Å². The van der Waals surface area contributed by atoms with Gasteiger partial charge < -0.3 is 24.9 Å². The van der Waals surface area contributed by atoms with Crippen molar-refractivity contribution in [2.24, 2.45) is 0 Å². The topological polar surface area (TPSA) is 86.5 Å². The summed E-state index contributed by atoms with van der Waals surface area (Å²) in [6.07, 6.45) is 1.39. The quantitative estimate of drug-likeness (QED) is 0.649. The van der Waals surface area contributed by atoms with Crippen molar-refractivity contribution < 1.29 is 14.4 Å². The number of nitro groups is 1. The summed E-state index contributed by atoms with van der Waals surface area (Å²) in [7, 11) is 3.12.